The molecule has 1 aromatic heterocycles. The van der Waals surface area contributed by atoms with Crippen LogP contribution in [-0.2, 0) is 0 Å². The molecule has 24 heavy (non-hydrogen) atoms. The smallest absolute Gasteiger partial charge is 0.272 e. The third-order valence-corrected chi connectivity index (χ3v) is 4.82. The molecule has 1 fully saturated rings. The summed E-state index contributed by atoms with van der Waals surface area (Å²) in [6.45, 7) is 8.97. The van der Waals surface area contributed by atoms with Gasteiger partial charge < -0.3 is 10.2 Å². The Kier molecular flexibility index (Phi) is 5.51. The molecule has 0 bridgehead atoms. The van der Waals surface area contributed by atoms with Gasteiger partial charge in [-0.3, -0.25) is 9.89 Å². The van der Waals surface area contributed by atoms with Gasteiger partial charge in [-0.25, -0.2) is 0 Å². The number of nitrogens with zero attached hydrogens (tertiary/aromatic N) is 2. The molecule has 1 amide bonds. The number of benzene rings is 1. The molecular weight excluding hydrogens is 300 g/mol. The number of nitrogens with one attached hydrogen (secondary N) is 2. The number of aromatic nitrogens is 2. The lowest BCUT2D eigenvalue weighted by Gasteiger charge is -2.34. The van der Waals surface area contributed by atoms with Gasteiger partial charge in [0.15, 0.2) is 5.69 Å². The topological polar surface area (TPSA) is 61.0 Å². The second kappa shape index (κ2) is 7.79. The largest absolute Gasteiger partial charge is 0.351 e. The summed E-state index contributed by atoms with van der Waals surface area (Å²) in [6.07, 6.45) is 3.48. The van der Waals surface area contributed by atoms with Crippen molar-refractivity contribution in [1.82, 2.24) is 20.4 Å². The van der Waals surface area contributed by atoms with Gasteiger partial charge in [0.1, 0.15) is 0 Å². The molecule has 1 aliphatic rings. The fraction of sp³-hybridized carbons (Fsp3) is 0.579. The molecule has 1 saturated heterocycles. The van der Waals surface area contributed by atoms with Gasteiger partial charge in [0.2, 0.25) is 0 Å². The molecule has 0 aliphatic carbocycles. The van der Waals surface area contributed by atoms with Crippen LogP contribution in [0.25, 0.3) is 10.9 Å². The minimum Gasteiger partial charge on any atom is -0.351 e. The second-order valence-electron chi connectivity index (χ2n) is 7.29. The SMILES string of the molecule is C[C@H]1C[C@H](C)CN(CCCCNC(=O)c2n[nH]c3ccccc23)C1. The first-order chi connectivity index (χ1) is 11.6. The summed E-state index contributed by atoms with van der Waals surface area (Å²) < 4.78 is 0. The van der Waals surface area contributed by atoms with Crippen molar-refractivity contribution in [1.29, 1.82) is 0 Å². The first kappa shape index (κ1) is 17.0. The van der Waals surface area contributed by atoms with Crippen LogP contribution in [0.15, 0.2) is 24.3 Å². The number of carbonyl (C=O) groups is 1. The number of hydrogen-bond donors (Lipinski definition) is 2. The Hall–Kier alpha value is -1.88. The molecule has 130 valence electrons. The highest BCUT2D eigenvalue weighted by atomic mass is 16.1. The third-order valence-electron chi connectivity index (χ3n) is 4.82. The average Bonchev–Trinajstić information content (AvgIpc) is 2.97. The minimum absolute atomic E-state index is 0.0901. The van der Waals surface area contributed by atoms with Gasteiger partial charge in [-0.2, -0.15) is 5.10 Å². The summed E-state index contributed by atoms with van der Waals surface area (Å²) in [5.74, 6) is 1.52. The molecule has 2 atom stereocenters. The van der Waals surface area contributed by atoms with Crippen LogP contribution < -0.4 is 5.32 Å². The number of para-hydroxylation sites is 1. The molecule has 1 aromatic carbocycles. The van der Waals surface area contributed by atoms with Crippen LogP contribution in [0, 0.1) is 11.8 Å². The first-order valence-corrected chi connectivity index (χ1v) is 9.07. The summed E-state index contributed by atoms with van der Waals surface area (Å²) in [4.78, 5) is 14.8. The van der Waals surface area contributed by atoms with E-state index in [0.717, 1.165) is 42.1 Å². The van der Waals surface area contributed by atoms with Crippen molar-refractivity contribution >= 4 is 16.8 Å². The van der Waals surface area contributed by atoms with Crippen LogP contribution in [0.5, 0.6) is 0 Å². The summed E-state index contributed by atoms with van der Waals surface area (Å²) in [5.41, 5.74) is 1.39. The molecule has 5 heteroatoms. The molecule has 5 nitrogen and oxygen atoms in total. The first-order valence-electron chi connectivity index (χ1n) is 9.07. The monoisotopic (exact) mass is 328 g/mol. The summed E-state index contributed by atoms with van der Waals surface area (Å²) in [5, 5.41) is 10.9. The van der Waals surface area contributed by atoms with Crippen molar-refractivity contribution in [2.45, 2.75) is 33.1 Å². The predicted octanol–water partition coefficient (Wildman–Crippen LogP) is 3.05. The molecule has 0 unspecified atom stereocenters. The van der Waals surface area contributed by atoms with E-state index in [4.69, 9.17) is 0 Å². The van der Waals surface area contributed by atoms with Crippen molar-refractivity contribution in [3.05, 3.63) is 30.0 Å². The molecule has 3 rings (SSSR count). The summed E-state index contributed by atoms with van der Waals surface area (Å²) in [6, 6.07) is 7.71. The van der Waals surface area contributed by atoms with Gasteiger partial charge in [-0.15, -0.1) is 0 Å². The van der Waals surface area contributed by atoms with E-state index in [1.54, 1.807) is 0 Å². The molecule has 2 heterocycles. The lowest BCUT2D eigenvalue weighted by Crippen LogP contribution is -2.39. The Morgan fingerprint density at radius 2 is 2.00 bits per heavy atom. The number of hydrogen-bond acceptors (Lipinski definition) is 3. The van der Waals surface area contributed by atoms with E-state index in [9.17, 15) is 4.79 Å². The van der Waals surface area contributed by atoms with Crippen molar-refractivity contribution in [2.75, 3.05) is 26.2 Å². The van der Waals surface area contributed by atoms with Crippen molar-refractivity contribution < 1.29 is 4.79 Å². The highest BCUT2D eigenvalue weighted by molar-refractivity contribution is 6.04. The number of unbranched alkanes of at least 4 members (excludes halogenated alkanes) is 1. The van der Waals surface area contributed by atoms with E-state index in [1.165, 1.54) is 19.5 Å². The number of piperidine rings is 1. The van der Waals surface area contributed by atoms with Gasteiger partial charge in [-0.05, 0) is 43.7 Å². The molecule has 1 aliphatic heterocycles. The zero-order valence-corrected chi connectivity index (χ0v) is 14.7. The van der Waals surface area contributed by atoms with Gasteiger partial charge in [-0.1, -0.05) is 32.0 Å². The van der Waals surface area contributed by atoms with Crippen LogP contribution in [0.4, 0.5) is 0 Å². The molecule has 2 aromatic rings. The zero-order valence-electron chi connectivity index (χ0n) is 14.7. The highest BCUT2D eigenvalue weighted by Crippen LogP contribution is 2.21. The summed E-state index contributed by atoms with van der Waals surface area (Å²) >= 11 is 0. The van der Waals surface area contributed by atoms with E-state index in [2.05, 4.69) is 34.3 Å². The maximum atomic E-state index is 12.3. The van der Waals surface area contributed by atoms with Crippen molar-refractivity contribution in [2.24, 2.45) is 11.8 Å². The van der Waals surface area contributed by atoms with Crippen LogP contribution in [0.1, 0.15) is 43.6 Å². The number of aromatic amines is 1. The number of rotatable bonds is 6. The van der Waals surface area contributed by atoms with Crippen LogP contribution >= 0.6 is 0 Å². The number of likely N-dealkylation sites (tertiary alicyclic amines) is 1. The Morgan fingerprint density at radius 1 is 1.25 bits per heavy atom. The zero-order chi connectivity index (χ0) is 16.9. The van der Waals surface area contributed by atoms with E-state index < -0.39 is 0 Å². The highest BCUT2D eigenvalue weighted by Gasteiger charge is 2.21. The number of carbonyl (C=O) groups excluding carboxylic acids is 1. The Labute approximate surface area is 143 Å². The van der Waals surface area contributed by atoms with Crippen molar-refractivity contribution in [3.63, 3.8) is 0 Å². The molecule has 2 N–H and O–H groups in total. The fourth-order valence-electron chi connectivity index (χ4n) is 3.86. The minimum atomic E-state index is -0.0901. The van der Waals surface area contributed by atoms with Gasteiger partial charge in [0.25, 0.3) is 5.91 Å². The Balaban J connectivity index is 1.40. The average molecular weight is 328 g/mol. The van der Waals surface area contributed by atoms with Crippen molar-refractivity contribution in [3.8, 4) is 0 Å². The third kappa shape index (κ3) is 4.15. The van der Waals surface area contributed by atoms with Gasteiger partial charge >= 0.3 is 0 Å². The number of amides is 1. The maximum absolute atomic E-state index is 12.3. The molecule has 0 saturated carbocycles. The van der Waals surface area contributed by atoms with E-state index in [0.29, 0.717) is 12.2 Å². The normalized spacial score (nSPS) is 21.9. The second-order valence-corrected chi connectivity index (χ2v) is 7.29. The van der Waals surface area contributed by atoms with Gasteiger partial charge in [0, 0.05) is 25.0 Å². The lowest BCUT2D eigenvalue weighted by atomic mass is 9.92. The Morgan fingerprint density at radius 3 is 2.79 bits per heavy atom. The van der Waals surface area contributed by atoms with Gasteiger partial charge in [0.05, 0.1) is 5.52 Å². The van der Waals surface area contributed by atoms with E-state index in [-0.39, 0.29) is 5.91 Å². The predicted molar refractivity (Wildman–Crippen MR) is 97.0 cm³/mol. The lowest BCUT2D eigenvalue weighted by molar-refractivity contribution is 0.0948. The van der Waals surface area contributed by atoms with E-state index >= 15 is 0 Å². The van der Waals surface area contributed by atoms with Crippen LogP contribution in [0.3, 0.4) is 0 Å². The van der Waals surface area contributed by atoms with Crippen LogP contribution in [-0.4, -0.2) is 47.2 Å². The molecule has 0 spiro atoms. The maximum Gasteiger partial charge on any atom is 0.272 e. The van der Waals surface area contributed by atoms with E-state index in [1.807, 2.05) is 24.3 Å². The summed E-state index contributed by atoms with van der Waals surface area (Å²) in [7, 11) is 0. The number of H-pyrrole nitrogens is 1. The van der Waals surface area contributed by atoms with Crippen LogP contribution in [0.2, 0.25) is 0 Å². The molecular formula is C19H28N4O. The fourth-order valence-corrected chi connectivity index (χ4v) is 3.86. The number of fused-ring (bicyclic) bond motifs is 1. The quantitative estimate of drug-likeness (QED) is 0.801. The Bertz CT molecular complexity index is 671. The standard InChI is InChI=1S/C19H28N4O/c1-14-11-15(2)13-23(12-14)10-6-5-9-20-19(24)18-16-7-3-4-8-17(16)21-22-18/h3-4,7-8,14-15H,5-6,9-13H2,1-2H3,(H,20,24)(H,21,22)/t14-,15-/m0/s1. The molecule has 0 radical (unpaired) electrons.